The number of benzene rings is 2. The lowest BCUT2D eigenvalue weighted by Gasteiger charge is -2.14. The van der Waals surface area contributed by atoms with Crippen LogP contribution in [0.25, 0.3) is 0 Å². The number of amides is 1. The first kappa shape index (κ1) is 13.7. The second kappa shape index (κ2) is 5.51. The molecule has 2 aromatic carbocycles. The van der Waals surface area contributed by atoms with Crippen LogP contribution < -0.4 is 16.8 Å². The van der Waals surface area contributed by atoms with Crippen LogP contribution in [0.2, 0.25) is 5.02 Å². The van der Waals surface area contributed by atoms with Crippen molar-refractivity contribution in [2.45, 2.75) is 0 Å². The molecule has 0 spiro atoms. The highest BCUT2D eigenvalue weighted by Crippen LogP contribution is 2.30. The van der Waals surface area contributed by atoms with Gasteiger partial charge >= 0.3 is 0 Å². The Bertz CT molecular complexity index is 722. The second-order valence-corrected chi connectivity index (χ2v) is 4.50. The minimum atomic E-state index is -0.611. The Morgan fingerprint density at radius 3 is 2.70 bits per heavy atom. The van der Waals surface area contributed by atoms with Gasteiger partial charge in [0.1, 0.15) is 6.07 Å². The largest absolute Gasteiger partial charge is 0.397 e. The van der Waals surface area contributed by atoms with Crippen LogP contribution in [0.3, 0.4) is 0 Å². The SMILES string of the molecule is N#Cc1ccc(Cl)cc1Nc1c(N)cccc1C(N)=O. The molecule has 5 nitrogen and oxygen atoms in total. The quantitative estimate of drug-likeness (QED) is 0.754. The molecule has 0 bridgehead atoms. The minimum absolute atomic E-state index is 0.244. The highest BCUT2D eigenvalue weighted by Gasteiger charge is 2.13. The molecule has 5 N–H and O–H groups in total. The molecule has 0 aliphatic carbocycles. The zero-order chi connectivity index (χ0) is 14.7. The lowest BCUT2D eigenvalue weighted by molar-refractivity contribution is 0.100. The number of carbonyl (C=O) groups is 1. The van der Waals surface area contributed by atoms with E-state index < -0.39 is 5.91 Å². The van der Waals surface area contributed by atoms with Crippen molar-refractivity contribution in [3.63, 3.8) is 0 Å². The zero-order valence-corrected chi connectivity index (χ0v) is 11.1. The molecule has 0 saturated heterocycles. The average Bonchev–Trinajstić information content (AvgIpc) is 2.41. The maximum atomic E-state index is 11.4. The summed E-state index contributed by atoms with van der Waals surface area (Å²) in [6.45, 7) is 0. The number of carbonyl (C=O) groups excluding carboxylic acids is 1. The molecule has 6 heteroatoms. The number of nitriles is 1. The molecular weight excluding hydrogens is 276 g/mol. The van der Waals surface area contributed by atoms with Crippen molar-refractivity contribution < 1.29 is 4.79 Å². The molecular formula is C14H11ClN4O. The molecule has 0 atom stereocenters. The van der Waals surface area contributed by atoms with E-state index in [-0.39, 0.29) is 5.56 Å². The number of hydrogen-bond acceptors (Lipinski definition) is 4. The van der Waals surface area contributed by atoms with Crippen molar-refractivity contribution in [3.8, 4) is 6.07 Å². The van der Waals surface area contributed by atoms with Crippen LogP contribution in [0.5, 0.6) is 0 Å². The Kier molecular flexibility index (Phi) is 3.78. The summed E-state index contributed by atoms with van der Waals surface area (Å²) in [5.74, 6) is -0.611. The zero-order valence-electron chi connectivity index (χ0n) is 10.4. The van der Waals surface area contributed by atoms with Crippen molar-refractivity contribution in [2.75, 3.05) is 11.1 Å². The minimum Gasteiger partial charge on any atom is -0.397 e. The maximum absolute atomic E-state index is 11.4. The number of hydrogen-bond donors (Lipinski definition) is 3. The molecule has 100 valence electrons. The van der Waals surface area contributed by atoms with E-state index in [9.17, 15) is 4.79 Å². The lowest BCUT2D eigenvalue weighted by Crippen LogP contribution is -2.14. The van der Waals surface area contributed by atoms with Crippen molar-refractivity contribution in [3.05, 3.63) is 52.5 Å². The van der Waals surface area contributed by atoms with Crippen LogP contribution >= 0.6 is 11.6 Å². The van der Waals surface area contributed by atoms with E-state index in [1.54, 1.807) is 36.4 Å². The number of halogens is 1. The highest BCUT2D eigenvalue weighted by atomic mass is 35.5. The monoisotopic (exact) mass is 286 g/mol. The van der Waals surface area contributed by atoms with Crippen LogP contribution in [0.4, 0.5) is 17.1 Å². The van der Waals surface area contributed by atoms with Gasteiger partial charge in [0.25, 0.3) is 5.91 Å². The van der Waals surface area contributed by atoms with Gasteiger partial charge in [-0.2, -0.15) is 5.26 Å². The molecule has 0 fully saturated rings. The molecule has 2 rings (SSSR count). The van der Waals surface area contributed by atoms with Crippen LogP contribution in [-0.4, -0.2) is 5.91 Å². The van der Waals surface area contributed by atoms with E-state index in [2.05, 4.69) is 5.32 Å². The van der Waals surface area contributed by atoms with Crippen LogP contribution in [0.1, 0.15) is 15.9 Å². The van der Waals surface area contributed by atoms with Crippen LogP contribution in [0.15, 0.2) is 36.4 Å². The molecule has 0 saturated carbocycles. The summed E-state index contributed by atoms with van der Waals surface area (Å²) in [4.78, 5) is 11.4. The summed E-state index contributed by atoms with van der Waals surface area (Å²) in [5, 5.41) is 12.5. The molecule has 2 aromatic rings. The molecule has 0 aromatic heterocycles. The van der Waals surface area contributed by atoms with E-state index in [1.165, 1.54) is 0 Å². The number of anilines is 3. The van der Waals surface area contributed by atoms with Gasteiger partial charge < -0.3 is 16.8 Å². The van der Waals surface area contributed by atoms with Crippen molar-refractivity contribution >= 4 is 34.6 Å². The summed E-state index contributed by atoms with van der Waals surface area (Å²) in [5.41, 5.74) is 13.0. The van der Waals surface area contributed by atoms with Gasteiger partial charge in [-0.3, -0.25) is 4.79 Å². The van der Waals surface area contributed by atoms with Crippen molar-refractivity contribution in [1.82, 2.24) is 0 Å². The van der Waals surface area contributed by atoms with Gasteiger partial charge in [-0.25, -0.2) is 0 Å². The fraction of sp³-hybridized carbons (Fsp3) is 0. The Balaban J connectivity index is 2.53. The average molecular weight is 287 g/mol. The van der Waals surface area contributed by atoms with Gasteiger partial charge in [0.05, 0.1) is 28.2 Å². The summed E-state index contributed by atoms with van der Waals surface area (Å²) in [7, 11) is 0. The Morgan fingerprint density at radius 2 is 2.05 bits per heavy atom. The Morgan fingerprint density at radius 1 is 1.30 bits per heavy atom. The number of rotatable bonds is 3. The van der Waals surface area contributed by atoms with E-state index in [4.69, 9.17) is 28.3 Å². The highest BCUT2D eigenvalue weighted by molar-refractivity contribution is 6.31. The molecule has 0 radical (unpaired) electrons. The van der Waals surface area contributed by atoms with E-state index >= 15 is 0 Å². The first-order chi connectivity index (χ1) is 9.52. The number of para-hydroxylation sites is 1. The molecule has 0 unspecified atom stereocenters. The van der Waals surface area contributed by atoms with Gasteiger partial charge in [0.2, 0.25) is 0 Å². The molecule has 1 amide bonds. The third-order valence-corrected chi connectivity index (χ3v) is 2.96. The third kappa shape index (κ3) is 2.66. The number of primary amides is 1. The molecule has 20 heavy (non-hydrogen) atoms. The fourth-order valence-corrected chi connectivity index (χ4v) is 1.94. The summed E-state index contributed by atoms with van der Waals surface area (Å²) in [6, 6.07) is 11.6. The first-order valence-electron chi connectivity index (χ1n) is 5.68. The fourth-order valence-electron chi connectivity index (χ4n) is 1.77. The Labute approximate surface area is 120 Å². The number of nitrogens with two attached hydrogens (primary N) is 2. The van der Waals surface area contributed by atoms with Gasteiger partial charge in [-0.05, 0) is 30.3 Å². The maximum Gasteiger partial charge on any atom is 0.250 e. The topological polar surface area (TPSA) is 105 Å². The number of nitrogens with one attached hydrogen (secondary N) is 1. The van der Waals surface area contributed by atoms with Gasteiger partial charge in [0.15, 0.2) is 0 Å². The number of nitrogen functional groups attached to an aromatic ring is 1. The van der Waals surface area contributed by atoms with Gasteiger partial charge in [-0.15, -0.1) is 0 Å². The van der Waals surface area contributed by atoms with E-state index in [0.717, 1.165) is 0 Å². The predicted molar refractivity (Wildman–Crippen MR) is 78.8 cm³/mol. The van der Waals surface area contributed by atoms with Crippen LogP contribution in [0, 0.1) is 11.3 Å². The normalized spacial score (nSPS) is 9.80. The number of nitrogens with zero attached hydrogens (tertiary/aromatic N) is 1. The summed E-state index contributed by atoms with van der Waals surface area (Å²) in [6.07, 6.45) is 0. The van der Waals surface area contributed by atoms with Gasteiger partial charge in [0, 0.05) is 5.02 Å². The summed E-state index contributed by atoms with van der Waals surface area (Å²) >= 11 is 5.91. The molecule has 0 aliphatic rings. The molecule has 0 heterocycles. The third-order valence-electron chi connectivity index (χ3n) is 2.72. The predicted octanol–water partition coefficient (Wildman–Crippen LogP) is 2.64. The van der Waals surface area contributed by atoms with E-state index in [0.29, 0.717) is 27.6 Å². The van der Waals surface area contributed by atoms with E-state index in [1.807, 2.05) is 6.07 Å². The molecule has 0 aliphatic heterocycles. The van der Waals surface area contributed by atoms with Crippen LogP contribution in [-0.2, 0) is 0 Å². The smallest absolute Gasteiger partial charge is 0.250 e. The summed E-state index contributed by atoms with van der Waals surface area (Å²) < 4.78 is 0. The first-order valence-corrected chi connectivity index (χ1v) is 6.05. The standard InChI is InChI=1S/C14H11ClN4O/c15-9-5-4-8(7-16)12(6-9)19-13-10(14(18)20)2-1-3-11(13)17/h1-6,19H,17H2,(H2,18,20). The lowest BCUT2D eigenvalue weighted by atomic mass is 10.1. The van der Waals surface area contributed by atoms with Crippen molar-refractivity contribution in [2.24, 2.45) is 5.73 Å². The Hall–Kier alpha value is -2.71. The van der Waals surface area contributed by atoms with Crippen molar-refractivity contribution in [1.29, 1.82) is 5.26 Å². The second-order valence-electron chi connectivity index (χ2n) is 4.06. The van der Waals surface area contributed by atoms with Gasteiger partial charge in [-0.1, -0.05) is 17.7 Å².